The van der Waals surface area contributed by atoms with E-state index in [0.717, 1.165) is 12.8 Å². The Hall–Kier alpha value is -1.11. The number of nitrogens with one attached hydrogen (secondary N) is 1. The first-order valence-electron chi connectivity index (χ1n) is 8.84. The van der Waals surface area contributed by atoms with Crippen molar-refractivity contribution in [1.29, 1.82) is 0 Å². The Morgan fingerprint density at radius 2 is 2.04 bits per heavy atom. The highest BCUT2D eigenvalue weighted by Crippen LogP contribution is 2.23. The Labute approximate surface area is 155 Å². The van der Waals surface area contributed by atoms with Gasteiger partial charge in [0.25, 0.3) is 0 Å². The van der Waals surface area contributed by atoms with E-state index in [4.69, 9.17) is 11.6 Å². The minimum atomic E-state index is -3.39. The Balaban J connectivity index is 1.89. The van der Waals surface area contributed by atoms with E-state index in [2.05, 4.69) is 12.2 Å². The van der Waals surface area contributed by atoms with Crippen molar-refractivity contribution < 1.29 is 13.2 Å². The average Bonchev–Trinajstić information content (AvgIpc) is 2.54. The third-order valence-corrected chi connectivity index (χ3v) is 6.65. The number of carbonyl (C=O) groups is 1. The van der Waals surface area contributed by atoms with Crippen LogP contribution >= 0.6 is 11.6 Å². The predicted octanol–water partition coefficient (Wildman–Crippen LogP) is 3.19. The normalized spacial score (nSPS) is 18.0. The number of halogens is 1. The average molecular weight is 387 g/mol. The molecule has 0 bridgehead atoms. The maximum atomic E-state index is 12.6. The number of hydrogen-bond donors (Lipinski definition) is 1. The standard InChI is InChI=1S/C18H27ClN2O3S/c1-3-5-14(2)20-18(22)16-8-10-21(11-9-16)25(23,24)13-15-6-4-7-17(19)12-15/h4,6-7,12,14,16H,3,5,8-11,13H2,1-2H3,(H,20,22)/t14-/m0/s1. The first-order chi connectivity index (χ1) is 11.8. The minimum Gasteiger partial charge on any atom is -0.353 e. The molecule has 1 aromatic carbocycles. The van der Waals surface area contributed by atoms with Crippen LogP contribution < -0.4 is 5.32 Å². The summed E-state index contributed by atoms with van der Waals surface area (Å²) in [7, 11) is -3.39. The van der Waals surface area contributed by atoms with Crippen molar-refractivity contribution in [3.63, 3.8) is 0 Å². The number of carbonyl (C=O) groups excluding carboxylic acids is 1. The lowest BCUT2D eigenvalue weighted by molar-refractivity contribution is -0.126. The van der Waals surface area contributed by atoms with Crippen LogP contribution in [0.4, 0.5) is 0 Å². The Morgan fingerprint density at radius 3 is 2.64 bits per heavy atom. The van der Waals surface area contributed by atoms with Crippen LogP contribution in [0.2, 0.25) is 5.02 Å². The van der Waals surface area contributed by atoms with Crippen molar-refractivity contribution in [2.45, 2.75) is 51.3 Å². The van der Waals surface area contributed by atoms with Gasteiger partial charge < -0.3 is 5.32 Å². The SMILES string of the molecule is CCC[C@H](C)NC(=O)C1CCN(S(=O)(=O)Cc2cccc(Cl)c2)CC1. The Morgan fingerprint density at radius 1 is 1.36 bits per heavy atom. The molecule has 25 heavy (non-hydrogen) atoms. The van der Waals surface area contributed by atoms with Gasteiger partial charge in [0.15, 0.2) is 0 Å². The second kappa shape index (κ2) is 9.01. The largest absolute Gasteiger partial charge is 0.353 e. The van der Waals surface area contributed by atoms with Crippen LogP contribution in [0.3, 0.4) is 0 Å². The van der Waals surface area contributed by atoms with Crippen molar-refractivity contribution in [2.24, 2.45) is 5.92 Å². The van der Waals surface area contributed by atoms with Gasteiger partial charge in [0, 0.05) is 30.1 Å². The number of benzene rings is 1. The molecule has 5 nitrogen and oxygen atoms in total. The van der Waals surface area contributed by atoms with Crippen molar-refractivity contribution in [2.75, 3.05) is 13.1 Å². The Bertz CT molecular complexity index is 685. The third kappa shape index (κ3) is 5.97. The summed E-state index contributed by atoms with van der Waals surface area (Å²) in [6.07, 6.45) is 3.12. The van der Waals surface area contributed by atoms with E-state index in [1.807, 2.05) is 6.92 Å². The van der Waals surface area contributed by atoms with Gasteiger partial charge in [-0.05, 0) is 43.9 Å². The second-order valence-corrected chi connectivity index (χ2v) is 9.16. The van der Waals surface area contributed by atoms with Crippen molar-refractivity contribution >= 4 is 27.5 Å². The van der Waals surface area contributed by atoms with Gasteiger partial charge in [-0.1, -0.05) is 37.1 Å². The summed E-state index contributed by atoms with van der Waals surface area (Å²) in [4.78, 5) is 12.3. The molecule has 1 saturated heterocycles. The lowest BCUT2D eigenvalue weighted by Crippen LogP contribution is -2.45. The van der Waals surface area contributed by atoms with E-state index in [9.17, 15) is 13.2 Å². The van der Waals surface area contributed by atoms with Crippen LogP contribution in [-0.2, 0) is 20.6 Å². The lowest BCUT2D eigenvalue weighted by Gasteiger charge is -2.31. The van der Waals surface area contributed by atoms with Crippen molar-refractivity contribution in [3.05, 3.63) is 34.9 Å². The quantitative estimate of drug-likeness (QED) is 0.782. The van der Waals surface area contributed by atoms with E-state index in [-0.39, 0.29) is 23.6 Å². The molecule has 0 saturated carbocycles. The van der Waals surface area contributed by atoms with Crippen LogP contribution in [0.5, 0.6) is 0 Å². The van der Waals surface area contributed by atoms with Crippen LogP contribution in [0.25, 0.3) is 0 Å². The smallest absolute Gasteiger partial charge is 0.223 e. The fourth-order valence-corrected chi connectivity index (χ4v) is 4.95. The summed E-state index contributed by atoms with van der Waals surface area (Å²) in [5.41, 5.74) is 0.681. The highest BCUT2D eigenvalue weighted by Gasteiger charge is 2.31. The maximum Gasteiger partial charge on any atom is 0.223 e. The molecule has 140 valence electrons. The van der Waals surface area contributed by atoms with Gasteiger partial charge >= 0.3 is 0 Å². The lowest BCUT2D eigenvalue weighted by atomic mass is 9.96. The summed E-state index contributed by atoms with van der Waals surface area (Å²) >= 11 is 5.92. The molecule has 0 spiro atoms. The first kappa shape index (κ1) is 20.2. The van der Waals surface area contributed by atoms with Gasteiger partial charge in [0.2, 0.25) is 15.9 Å². The zero-order valence-corrected chi connectivity index (χ0v) is 16.4. The molecule has 2 rings (SSSR count). The molecule has 0 unspecified atom stereocenters. The van der Waals surface area contributed by atoms with Crippen molar-refractivity contribution in [3.8, 4) is 0 Å². The van der Waals surface area contributed by atoms with Crippen LogP contribution in [0.15, 0.2) is 24.3 Å². The van der Waals surface area contributed by atoms with E-state index in [1.54, 1.807) is 24.3 Å². The zero-order valence-electron chi connectivity index (χ0n) is 14.9. The summed E-state index contributed by atoms with van der Waals surface area (Å²) < 4.78 is 26.7. The molecule has 1 fully saturated rings. The number of nitrogens with zero attached hydrogens (tertiary/aromatic N) is 1. The number of amides is 1. The van der Waals surface area contributed by atoms with Gasteiger partial charge in [0.05, 0.1) is 5.75 Å². The first-order valence-corrected chi connectivity index (χ1v) is 10.8. The predicted molar refractivity (Wildman–Crippen MR) is 101 cm³/mol. The molecule has 1 aromatic rings. The van der Waals surface area contributed by atoms with Crippen LogP contribution in [0, 0.1) is 5.92 Å². The van der Waals surface area contributed by atoms with Crippen molar-refractivity contribution in [1.82, 2.24) is 9.62 Å². The molecule has 1 atom stereocenters. The van der Waals surface area contributed by atoms with Gasteiger partial charge in [-0.2, -0.15) is 0 Å². The molecule has 1 N–H and O–H groups in total. The highest BCUT2D eigenvalue weighted by molar-refractivity contribution is 7.88. The fraction of sp³-hybridized carbons (Fsp3) is 0.611. The van der Waals surface area contributed by atoms with Gasteiger partial charge in [-0.15, -0.1) is 0 Å². The molecule has 7 heteroatoms. The molecule has 0 aromatic heterocycles. The van der Waals surface area contributed by atoms with E-state index < -0.39 is 10.0 Å². The van der Waals surface area contributed by atoms with Gasteiger partial charge in [-0.25, -0.2) is 12.7 Å². The Kier molecular flexibility index (Phi) is 7.28. The van der Waals surface area contributed by atoms with E-state index in [1.165, 1.54) is 4.31 Å². The van der Waals surface area contributed by atoms with E-state index in [0.29, 0.717) is 36.5 Å². The number of piperidine rings is 1. The summed E-state index contributed by atoms with van der Waals surface area (Å²) in [5, 5.41) is 3.56. The summed E-state index contributed by atoms with van der Waals surface area (Å²) in [5.74, 6) is -0.109. The molecular formula is C18H27ClN2O3S. The molecular weight excluding hydrogens is 360 g/mol. The molecule has 1 heterocycles. The third-order valence-electron chi connectivity index (χ3n) is 4.57. The maximum absolute atomic E-state index is 12.6. The zero-order chi connectivity index (χ0) is 18.4. The summed E-state index contributed by atoms with van der Waals surface area (Å²) in [6.45, 7) is 4.88. The summed E-state index contributed by atoms with van der Waals surface area (Å²) in [6, 6.07) is 7.08. The number of rotatable bonds is 7. The van der Waals surface area contributed by atoms with Crippen LogP contribution in [-0.4, -0.2) is 37.8 Å². The molecule has 1 aliphatic rings. The number of sulfonamides is 1. The second-order valence-electron chi connectivity index (χ2n) is 6.76. The fourth-order valence-electron chi connectivity index (χ4n) is 3.19. The number of hydrogen-bond acceptors (Lipinski definition) is 3. The molecule has 1 amide bonds. The van der Waals surface area contributed by atoms with E-state index >= 15 is 0 Å². The van der Waals surface area contributed by atoms with Gasteiger partial charge in [0.1, 0.15) is 0 Å². The van der Waals surface area contributed by atoms with Gasteiger partial charge in [-0.3, -0.25) is 4.79 Å². The minimum absolute atomic E-state index is 0.0489. The highest BCUT2D eigenvalue weighted by atomic mass is 35.5. The monoisotopic (exact) mass is 386 g/mol. The topological polar surface area (TPSA) is 66.5 Å². The molecule has 0 radical (unpaired) electrons. The molecule has 1 aliphatic heterocycles. The molecule has 0 aliphatic carbocycles. The van der Waals surface area contributed by atoms with Crippen LogP contribution in [0.1, 0.15) is 45.1 Å².